The van der Waals surface area contributed by atoms with Crippen LogP contribution in [0.2, 0.25) is 5.02 Å². The lowest BCUT2D eigenvalue weighted by molar-refractivity contribution is -0.147. The van der Waals surface area contributed by atoms with Gasteiger partial charge in [-0.3, -0.25) is 0 Å². The van der Waals surface area contributed by atoms with E-state index in [1.165, 1.54) is 7.11 Å². The average molecular weight is 311 g/mol. The molecular formula is C16H23ClN2O2. The highest BCUT2D eigenvalue weighted by Gasteiger charge is 2.42. The number of hydrogen-bond acceptors (Lipinski definition) is 4. The number of likely N-dealkylation sites (tertiary alicyclic amines) is 1. The molecule has 0 spiro atoms. The van der Waals surface area contributed by atoms with Crippen LogP contribution >= 0.6 is 11.6 Å². The molecule has 0 aromatic heterocycles. The van der Waals surface area contributed by atoms with Gasteiger partial charge in [0.1, 0.15) is 5.54 Å². The molecule has 0 bridgehead atoms. The smallest absolute Gasteiger partial charge is 0.331 e. The number of methoxy groups -OCH3 is 1. The minimum Gasteiger partial charge on any atom is -0.467 e. The maximum Gasteiger partial charge on any atom is 0.331 e. The molecule has 1 aliphatic rings. The van der Waals surface area contributed by atoms with Gasteiger partial charge in [0, 0.05) is 23.8 Å². The zero-order valence-electron chi connectivity index (χ0n) is 12.7. The van der Waals surface area contributed by atoms with Crippen LogP contribution in [0.15, 0.2) is 24.3 Å². The summed E-state index contributed by atoms with van der Waals surface area (Å²) < 4.78 is 5.04. The van der Waals surface area contributed by atoms with E-state index in [1.807, 2.05) is 24.3 Å². The molecule has 1 aromatic rings. The Hall–Kier alpha value is -1.26. The van der Waals surface area contributed by atoms with Crippen LogP contribution in [0, 0.1) is 0 Å². The Morgan fingerprint density at radius 3 is 2.71 bits per heavy atom. The molecule has 0 saturated carbocycles. The molecule has 21 heavy (non-hydrogen) atoms. The lowest BCUT2D eigenvalue weighted by Gasteiger charge is -2.40. The Labute approximate surface area is 131 Å². The first-order chi connectivity index (χ1) is 10.1. The Kier molecular flexibility index (Phi) is 5.48. The number of nitrogens with one attached hydrogen (secondary N) is 1. The number of rotatable bonds is 5. The summed E-state index contributed by atoms with van der Waals surface area (Å²) in [5.41, 5.74) is 0.209. The molecule has 0 amide bonds. The van der Waals surface area contributed by atoms with E-state index in [0.29, 0.717) is 5.02 Å². The number of benzene rings is 1. The van der Waals surface area contributed by atoms with E-state index in [-0.39, 0.29) is 5.97 Å². The summed E-state index contributed by atoms with van der Waals surface area (Å²) in [6.07, 6.45) is 2.62. The van der Waals surface area contributed by atoms with Crippen molar-refractivity contribution >= 4 is 23.3 Å². The Bertz CT molecular complexity index is 485. The molecule has 116 valence electrons. The fourth-order valence-electron chi connectivity index (χ4n) is 2.89. The van der Waals surface area contributed by atoms with E-state index < -0.39 is 5.54 Å². The minimum absolute atomic E-state index is 0.196. The summed E-state index contributed by atoms with van der Waals surface area (Å²) >= 11 is 6.02. The van der Waals surface area contributed by atoms with Crippen molar-refractivity contribution < 1.29 is 9.53 Å². The van der Waals surface area contributed by atoms with Crippen molar-refractivity contribution in [1.29, 1.82) is 0 Å². The number of ether oxygens (including phenoxy) is 1. The number of anilines is 1. The van der Waals surface area contributed by atoms with Gasteiger partial charge in [-0.2, -0.15) is 0 Å². The molecule has 1 saturated heterocycles. The van der Waals surface area contributed by atoms with Gasteiger partial charge in [0.15, 0.2) is 0 Å². The zero-order chi connectivity index (χ0) is 15.3. The van der Waals surface area contributed by atoms with Crippen LogP contribution in [-0.2, 0) is 9.53 Å². The SMILES string of the molecule is CCCN1CCC(Nc2cccc(Cl)c2)(C(=O)OC)CC1. The summed E-state index contributed by atoms with van der Waals surface area (Å²) in [5, 5.41) is 4.02. The highest BCUT2D eigenvalue weighted by atomic mass is 35.5. The van der Waals surface area contributed by atoms with Crippen LogP contribution in [0.4, 0.5) is 5.69 Å². The quantitative estimate of drug-likeness (QED) is 0.848. The third kappa shape index (κ3) is 3.89. The molecule has 1 aromatic carbocycles. The Morgan fingerprint density at radius 1 is 1.43 bits per heavy atom. The van der Waals surface area contributed by atoms with Gasteiger partial charge in [-0.05, 0) is 44.0 Å². The van der Waals surface area contributed by atoms with E-state index >= 15 is 0 Å². The van der Waals surface area contributed by atoms with Gasteiger partial charge in [0.25, 0.3) is 0 Å². The summed E-state index contributed by atoms with van der Waals surface area (Å²) in [6, 6.07) is 7.46. The third-order valence-electron chi connectivity index (χ3n) is 4.03. The second-order valence-corrected chi connectivity index (χ2v) is 5.99. The molecule has 0 aliphatic carbocycles. The van der Waals surface area contributed by atoms with Gasteiger partial charge >= 0.3 is 5.97 Å². The second-order valence-electron chi connectivity index (χ2n) is 5.55. The van der Waals surface area contributed by atoms with Gasteiger partial charge in [-0.1, -0.05) is 24.6 Å². The topological polar surface area (TPSA) is 41.6 Å². The van der Waals surface area contributed by atoms with Gasteiger partial charge in [0.05, 0.1) is 7.11 Å². The minimum atomic E-state index is -0.649. The average Bonchev–Trinajstić information content (AvgIpc) is 2.49. The van der Waals surface area contributed by atoms with Crippen molar-refractivity contribution in [2.24, 2.45) is 0 Å². The van der Waals surface area contributed by atoms with Crippen molar-refractivity contribution in [3.8, 4) is 0 Å². The third-order valence-corrected chi connectivity index (χ3v) is 4.27. The standard InChI is InChI=1S/C16H23ClN2O2/c1-3-9-19-10-7-16(8-11-19,15(20)21-2)18-14-6-4-5-13(17)12-14/h4-6,12,18H,3,7-11H2,1-2H3. The molecule has 5 heteroatoms. The first-order valence-corrected chi connectivity index (χ1v) is 7.82. The van der Waals surface area contributed by atoms with E-state index in [2.05, 4.69) is 17.1 Å². The number of halogens is 1. The Morgan fingerprint density at radius 2 is 2.14 bits per heavy atom. The van der Waals surface area contributed by atoms with Crippen LogP contribution in [0.5, 0.6) is 0 Å². The monoisotopic (exact) mass is 310 g/mol. The van der Waals surface area contributed by atoms with Crippen molar-refractivity contribution in [2.75, 3.05) is 32.1 Å². The van der Waals surface area contributed by atoms with Crippen LogP contribution in [0.25, 0.3) is 0 Å². The van der Waals surface area contributed by atoms with Gasteiger partial charge < -0.3 is 15.0 Å². The molecule has 0 atom stereocenters. The van der Waals surface area contributed by atoms with Crippen molar-refractivity contribution in [1.82, 2.24) is 4.90 Å². The Balaban J connectivity index is 2.14. The van der Waals surface area contributed by atoms with Crippen molar-refractivity contribution in [3.63, 3.8) is 0 Å². The van der Waals surface area contributed by atoms with Gasteiger partial charge in [-0.25, -0.2) is 4.79 Å². The summed E-state index contributed by atoms with van der Waals surface area (Å²) in [5.74, 6) is -0.196. The predicted octanol–water partition coefficient (Wildman–Crippen LogP) is 3.17. The lowest BCUT2D eigenvalue weighted by Crippen LogP contribution is -2.55. The number of carbonyl (C=O) groups excluding carboxylic acids is 1. The predicted molar refractivity (Wildman–Crippen MR) is 85.8 cm³/mol. The lowest BCUT2D eigenvalue weighted by atomic mass is 9.87. The van der Waals surface area contributed by atoms with E-state index in [9.17, 15) is 4.79 Å². The first-order valence-electron chi connectivity index (χ1n) is 7.44. The largest absolute Gasteiger partial charge is 0.467 e. The molecular weight excluding hydrogens is 288 g/mol. The molecule has 1 fully saturated rings. The maximum absolute atomic E-state index is 12.3. The number of piperidine rings is 1. The number of esters is 1. The second kappa shape index (κ2) is 7.14. The highest BCUT2D eigenvalue weighted by Crippen LogP contribution is 2.29. The van der Waals surface area contributed by atoms with Crippen LogP contribution < -0.4 is 5.32 Å². The van der Waals surface area contributed by atoms with Gasteiger partial charge in [-0.15, -0.1) is 0 Å². The van der Waals surface area contributed by atoms with Crippen LogP contribution in [-0.4, -0.2) is 43.2 Å². The fourth-order valence-corrected chi connectivity index (χ4v) is 3.08. The number of hydrogen-bond donors (Lipinski definition) is 1. The van der Waals surface area contributed by atoms with Crippen molar-refractivity contribution in [2.45, 2.75) is 31.7 Å². The molecule has 1 aliphatic heterocycles. The fraction of sp³-hybridized carbons (Fsp3) is 0.562. The van der Waals surface area contributed by atoms with E-state index in [4.69, 9.17) is 16.3 Å². The molecule has 0 unspecified atom stereocenters. The molecule has 1 N–H and O–H groups in total. The van der Waals surface area contributed by atoms with E-state index in [1.54, 1.807) is 0 Å². The van der Waals surface area contributed by atoms with Crippen LogP contribution in [0.1, 0.15) is 26.2 Å². The molecule has 2 rings (SSSR count). The maximum atomic E-state index is 12.3. The number of carbonyl (C=O) groups is 1. The first kappa shape index (κ1) is 16.1. The van der Waals surface area contributed by atoms with Crippen molar-refractivity contribution in [3.05, 3.63) is 29.3 Å². The molecule has 0 radical (unpaired) electrons. The highest BCUT2D eigenvalue weighted by molar-refractivity contribution is 6.30. The normalized spacial score (nSPS) is 18.2. The number of nitrogens with zero attached hydrogens (tertiary/aromatic N) is 1. The van der Waals surface area contributed by atoms with E-state index in [0.717, 1.165) is 44.6 Å². The summed E-state index contributed by atoms with van der Waals surface area (Å²) in [7, 11) is 1.45. The summed E-state index contributed by atoms with van der Waals surface area (Å²) in [6.45, 7) is 5.05. The zero-order valence-corrected chi connectivity index (χ0v) is 13.4. The van der Waals surface area contributed by atoms with Gasteiger partial charge in [0.2, 0.25) is 0 Å². The van der Waals surface area contributed by atoms with Crippen LogP contribution in [0.3, 0.4) is 0 Å². The molecule has 4 nitrogen and oxygen atoms in total. The molecule has 1 heterocycles. The summed E-state index contributed by atoms with van der Waals surface area (Å²) in [4.78, 5) is 14.7.